The van der Waals surface area contributed by atoms with E-state index in [0.29, 0.717) is 72.5 Å². The number of rotatable bonds is 8. The molecule has 0 N–H and O–H groups in total. The lowest BCUT2D eigenvalue weighted by atomic mass is 10.0. The molecule has 3 aromatic heterocycles. The van der Waals surface area contributed by atoms with Crippen molar-refractivity contribution in [2.45, 2.75) is 25.1 Å². The summed E-state index contributed by atoms with van der Waals surface area (Å²) in [6.45, 7) is 0.107. The molecule has 5 aromatic rings. The van der Waals surface area contributed by atoms with Crippen molar-refractivity contribution in [3.05, 3.63) is 83.9 Å². The summed E-state index contributed by atoms with van der Waals surface area (Å²) in [6, 6.07) is 17.8. The van der Waals surface area contributed by atoms with Gasteiger partial charge in [0.05, 0.1) is 19.3 Å². The minimum atomic E-state index is -2.89. The fourth-order valence-electron chi connectivity index (χ4n) is 5.51. The topological polar surface area (TPSA) is 125 Å². The number of halogens is 2. The van der Waals surface area contributed by atoms with E-state index in [4.69, 9.17) is 13.9 Å². The lowest BCUT2D eigenvalue weighted by molar-refractivity contribution is 0.0385. The Labute approximate surface area is 250 Å². The first-order chi connectivity index (χ1) is 21.5. The van der Waals surface area contributed by atoms with Gasteiger partial charge in [-0.1, -0.05) is 35.1 Å². The van der Waals surface area contributed by atoms with E-state index in [0.717, 1.165) is 12.0 Å². The van der Waals surface area contributed by atoms with E-state index in [1.54, 1.807) is 23.2 Å². The van der Waals surface area contributed by atoms with Crippen LogP contribution in [0.4, 0.5) is 8.78 Å². The maximum absolute atomic E-state index is 13.5. The molecule has 0 radical (unpaired) electrons. The Morgan fingerprint density at radius 2 is 1.86 bits per heavy atom. The molecule has 2 aromatic carbocycles. The number of pyridine rings is 1. The van der Waals surface area contributed by atoms with Crippen LogP contribution in [0.3, 0.4) is 0 Å². The number of piperazine rings is 1. The second-order valence-electron chi connectivity index (χ2n) is 10.6. The quantitative estimate of drug-likeness (QED) is 0.258. The number of nitrogens with zero attached hydrogens (tertiary/aromatic N) is 8. The molecule has 44 heavy (non-hydrogen) atoms. The minimum absolute atomic E-state index is 0.0209. The van der Waals surface area contributed by atoms with Gasteiger partial charge in [0, 0.05) is 50.4 Å². The maximum Gasteiger partial charge on any atom is 0.350 e. The lowest BCUT2D eigenvalue weighted by Crippen LogP contribution is -2.50. The fourth-order valence-corrected chi connectivity index (χ4v) is 5.51. The van der Waals surface area contributed by atoms with Gasteiger partial charge in [0.25, 0.3) is 5.91 Å². The highest BCUT2D eigenvalue weighted by molar-refractivity contribution is 5.93. The molecule has 0 aliphatic carbocycles. The number of amides is 1. The van der Waals surface area contributed by atoms with Crippen LogP contribution in [-0.2, 0) is 4.74 Å². The average Bonchev–Trinajstić information content (AvgIpc) is 3.84. The lowest BCUT2D eigenvalue weighted by Gasteiger charge is -2.38. The van der Waals surface area contributed by atoms with Crippen molar-refractivity contribution in [1.29, 1.82) is 0 Å². The summed E-state index contributed by atoms with van der Waals surface area (Å²) in [5.74, 6) is 1.01. The molecule has 2 atom stereocenters. The summed E-state index contributed by atoms with van der Waals surface area (Å²) < 4.78 is 43.8. The largest absolute Gasteiger partial charge is 0.488 e. The molecule has 14 heteroatoms. The fraction of sp³-hybridized carbons (Fsp3) is 0.333. The molecule has 2 fully saturated rings. The van der Waals surface area contributed by atoms with Crippen molar-refractivity contribution in [2.24, 2.45) is 0 Å². The van der Waals surface area contributed by atoms with Gasteiger partial charge in [0.2, 0.25) is 5.89 Å². The molecule has 2 aliphatic heterocycles. The average molecular weight is 603 g/mol. The monoisotopic (exact) mass is 602 g/mol. The van der Waals surface area contributed by atoms with Gasteiger partial charge in [0.1, 0.15) is 23.1 Å². The molecule has 12 nitrogen and oxygen atoms in total. The molecular formula is C30H28F2N8O4. The SMILES string of the molecule is O=C(c1cc(-c2nc3ccc(O[C@H]4CCOC4)cc3o2)ccn1)N1CCN([C@H](c2ccccc2)c2nnn(C(F)F)n2)CC1. The summed E-state index contributed by atoms with van der Waals surface area (Å²) in [5, 5.41) is 11.4. The van der Waals surface area contributed by atoms with Crippen molar-refractivity contribution in [2.75, 3.05) is 39.4 Å². The van der Waals surface area contributed by atoms with Crippen LogP contribution < -0.4 is 4.74 Å². The third-order valence-electron chi connectivity index (χ3n) is 7.72. The van der Waals surface area contributed by atoms with Crippen LogP contribution in [0.5, 0.6) is 5.75 Å². The predicted molar refractivity (Wildman–Crippen MR) is 152 cm³/mol. The summed E-state index contributed by atoms with van der Waals surface area (Å²) in [6.07, 6.45) is 2.43. The Kier molecular flexibility index (Phi) is 7.66. The Morgan fingerprint density at radius 3 is 2.61 bits per heavy atom. The number of alkyl halides is 2. The van der Waals surface area contributed by atoms with Crippen molar-refractivity contribution in [1.82, 2.24) is 40.0 Å². The molecule has 226 valence electrons. The molecule has 2 aliphatic rings. The summed E-state index contributed by atoms with van der Waals surface area (Å²) in [5.41, 5.74) is 2.99. The number of aromatic nitrogens is 6. The Bertz CT molecular complexity index is 1750. The van der Waals surface area contributed by atoms with Crippen molar-refractivity contribution in [3.8, 4) is 17.2 Å². The van der Waals surface area contributed by atoms with Crippen LogP contribution in [0.2, 0.25) is 0 Å². The number of ether oxygens (including phenoxy) is 2. The number of oxazole rings is 1. The molecular weight excluding hydrogens is 574 g/mol. The van der Waals surface area contributed by atoms with E-state index < -0.39 is 12.6 Å². The minimum Gasteiger partial charge on any atom is -0.488 e. The number of hydrogen-bond donors (Lipinski definition) is 0. The van der Waals surface area contributed by atoms with Gasteiger partial charge in [0.15, 0.2) is 11.4 Å². The zero-order valence-corrected chi connectivity index (χ0v) is 23.5. The number of carbonyl (C=O) groups is 1. The highest BCUT2D eigenvalue weighted by Gasteiger charge is 2.32. The van der Waals surface area contributed by atoms with Crippen LogP contribution in [0, 0.1) is 0 Å². The number of benzene rings is 2. The molecule has 1 amide bonds. The van der Waals surface area contributed by atoms with E-state index in [1.165, 1.54) is 0 Å². The summed E-state index contributed by atoms with van der Waals surface area (Å²) in [7, 11) is 0. The first kappa shape index (κ1) is 28.0. The van der Waals surface area contributed by atoms with Crippen LogP contribution in [0.1, 0.15) is 40.9 Å². The highest BCUT2D eigenvalue weighted by Crippen LogP contribution is 2.30. The maximum atomic E-state index is 13.5. The van der Waals surface area contributed by atoms with Gasteiger partial charge in [-0.05, 0) is 35.0 Å². The second-order valence-corrected chi connectivity index (χ2v) is 10.6. The van der Waals surface area contributed by atoms with Crippen LogP contribution in [0.15, 0.2) is 71.3 Å². The first-order valence-electron chi connectivity index (χ1n) is 14.3. The molecule has 2 saturated heterocycles. The van der Waals surface area contributed by atoms with Gasteiger partial charge in [-0.3, -0.25) is 14.7 Å². The molecule has 0 spiro atoms. The zero-order chi connectivity index (χ0) is 30.0. The van der Waals surface area contributed by atoms with Gasteiger partial charge in [-0.25, -0.2) is 4.98 Å². The zero-order valence-electron chi connectivity index (χ0n) is 23.5. The van der Waals surface area contributed by atoms with E-state index >= 15 is 0 Å². The first-order valence-corrected chi connectivity index (χ1v) is 14.3. The van der Waals surface area contributed by atoms with E-state index in [2.05, 4.69) is 30.3 Å². The van der Waals surface area contributed by atoms with Crippen molar-refractivity contribution < 1.29 is 27.5 Å². The Hall–Kier alpha value is -4.82. The van der Waals surface area contributed by atoms with Gasteiger partial charge in [-0.2, -0.15) is 8.78 Å². The second kappa shape index (κ2) is 12.1. The highest BCUT2D eigenvalue weighted by atomic mass is 19.3. The van der Waals surface area contributed by atoms with E-state index in [9.17, 15) is 13.6 Å². The molecule has 0 bridgehead atoms. The number of fused-ring (bicyclic) bond motifs is 1. The van der Waals surface area contributed by atoms with Crippen molar-refractivity contribution in [3.63, 3.8) is 0 Å². The third kappa shape index (κ3) is 5.73. The predicted octanol–water partition coefficient (Wildman–Crippen LogP) is 3.99. The number of carbonyl (C=O) groups excluding carboxylic acids is 1. The number of hydrogen-bond acceptors (Lipinski definition) is 10. The van der Waals surface area contributed by atoms with Crippen molar-refractivity contribution >= 4 is 17.0 Å². The van der Waals surface area contributed by atoms with E-state index in [-0.39, 0.29) is 23.5 Å². The van der Waals surface area contributed by atoms with E-state index in [1.807, 2.05) is 48.5 Å². The van der Waals surface area contributed by atoms with Crippen LogP contribution in [0.25, 0.3) is 22.6 Å². The van der Waals surface area contributed by atoms with Crippen LogP contribution >= 0.6 is 0 Å². The van der Waals surface area contributed by atoms with Gasteiger partial charge < -0.3 is 18.8 Å². The van der Waals surface area contributed by atoms with Gasteiger partial charge >= 0.3 is 6.55 Å². The molecule has 7 rings (SSSR count). The Balaban J connectivity index is 1.05. The number of tetrazole rings is 1. The molecule has 0 saturated carbocycles. The third-order valence-corrected chi connectivity index (χ3v) is 7.72. The summed E-state index contributed by atoms with van der Waals surface area (Å²) in [4.78, 5) is 26.5. The molecule has 0 unspecified atom stereocenters. The standard InChI is InChI=1S/C30H28F2N8O4/c31-30(32)40-36-27(35-37-40)26(19-4-2-1-3-5-19)38-11-13-39(14-12-38)29(41)24-16-20(8-10-33-24)28-34-23-7-6-21(17-25(23)44-28)43-22-9-15-42-18-22/h1-8,10,16-17,22,26,30H,9,11-15,18H2/t22-,26+/m0/s1. The smallest absolute Gasteiger partial charge is 0.350 e. The van der Waals surface area contributed by atoms with Crippen LogP contribution in [-0.4, -0.2) is 91.4 Å². The molecule has 5 heterocycles. The summed E-state index contributed by atoms with van der Waals surface area (Å²) >= 11 is 0. The normalized spacial score (nSPS) is 18.2. The Morgan fingerprint density at radius 1 is 1.02 bits per heavy atom. The van der Waals surface area contributed by atoms with Gasteiger partial charge in [-0.15, -0.1) is 10.2 Å².